The van der Waals surface area contributed by atoms with Gasteiger partial charge in [-0.2, -0.15) is 0 Å². The Bertz CT molecular complexity index is 666. The minimum Gasteiger partial charge on any atom is -0.300 e. The smallest absolute Gasteiger partial charge is 0.129 e. The Kier molecular flexibility index (Phi) is 37.0. The van der Waals surface area contributed by atoms with Crippen LogP contribution in [0.4, 0.5) is 0 Å². The average Bonchev–Trinajstić information content (AvgIpc) is 3.00. The summed E-state index contributed by atoms with van der Waals surface area (Å²) in [6, 6.07) is 0. The molecule has 0 saturated carbocycles. The summed E-state index contributed by atoms with van der Waals surface area (Å²) in [6.07, 6.45) is 33.1. The van der Waals surface area contributed by atoms with Crippen molar-refractivity contribution in [3.8, 4) is 0 Å². The minimum absolute atomic E-state index is 0.337. The molecule has 6 atom stereocenters. The van der Waals surface area contributed by atoms with Crippen molar-refractivity contribution >= 4 is 43.4 Å². The third kappa shape index (κ3) is 35.6. The predicted molar refractivity (Wildman–Crippen MR) is 215 cm³/mol. The molecule has 0 aromatic carbocycles. The molecule has 0 bridgehead atoms. The van der Waals surface area contributed by atoms with E-state index in [1.807, 2.05) is 0 Å². The molecule has 0 radical (unpaired) electrons. The van der Waals surface area contributed by atoms with Crippen LogP contribution in [0.5, 0.6) is 0 Å². The Morgan fingerprint density at radius 1 is 0.413 bits per heavy atom. The molecule has 0 fully saturated rings. The first-order chi connectivity index (χ1) is 21.9. The van der Waals surface area contributed by atoms with Crippen LogP contribution in [0.15, 0.2) is 0 Å². The van der Waals surface area contributed by atoms with E-state index in [2.05, 4.69) is 73.4 Å². The molecular weight excluding hydrogens is 696 g/mol. The zero-order chi connectivity index (χ0) is 35.0. The molecule has 0 aliphatic heterocycles. The lowest BCUT2D eigenvalue weighted by molar-refractivity contribution is -0.117. The van der Waals surface area contributed by atoms with E-state index in [1.54, 1.807) is 13.8 Å². The molecule has 0 rings (SSSR count). The van der Waals surface area contributed by atoms with Gasteiger partial charge in [-0.15, -0.1) is 0 Å². The quantitative estimate of drug-likeness (QED) is 0.0503. The van der Waals surface area contributed by atoms with Gasteiger partial charge in [-0.1, -0.05) is 183 Å². The van der Waals surface area contributed by atoms with Gasteiger partial charge in [0, 0.05) is 22.5 Å². The number of halogens is 2. The molecule has 0 amide bonds. The lowest BCUT2D eigenvalue weighted by Crippen LogP contribution is -2.13. The van der Waals surface area contributed by atoms with Gasteiger partial charge in [-0.25, -0.2) is 0 Å². The predicted octanol–water partition coefficient (Wildman–Crippen LogP) is 15.4. The number of unbranched alkanes of at least 4 members (excludes halogenated alkanes) is 13. The molecule has 6 unspecified atom stereocenters. The Morgan fingerprint density at radius 2 is 0.761 bits per heavy atom. The minimum atomic E-state index is 0.337. The summed E-state index contributed by atoms with van der Waals surface area (Å²) in [6.45, 7) is 17.7. The number of hydrogen-bond acceptors (Lipinski definition) is 2. The van der Waals surface area contributed by atoms with E-state index in [-0.39, 0.29) is 0 Å². The molecule has 0 aromatic heterocycles. The lowest BCUT2D eigenvalue weighted by Gasteiger charge is -2.22. The second-order valence-electron chi connectivity index (χ2n) is 15.3. The maximum Gasteiger partial charge on any atom is 0.129 e. The summed E-state index contributed by atoms with van der Waals surface area (Å²) in [5, 5.41) is 0. The SMILES string of the molecule is CCCCCC(C)C(C)CC(Br)CCCCCCCCC(C)=O.CCCCCC(C)C(C)CCC(Br)CCCCCCCC(C)=O. The van der Waals surface area contributed by atoms with E-state index in [9.17, 15) is 9.59 Å². The first-order valence-corrected chi connectivity index (χ1v) is 22.0. The summed E-state index contributed by atoms with van der Waals surface area (Å²) < 4.78 is 0. The van der Waals surface area contributed by atoms with Crippen molar-refractivity contribution in [2.75, 3.05) is 0 Å². The third-order valence-corrected chi connectivity index (χ3v) is 12.1. The molecule has 0 N–H and O–H groups in total. The maximum atomic E-state index is 10.9. The molecule has 0 aliphatic rings. The van der Waals surface area contributed by atoms with Crippen LogP contribution in [0.2, 0.25) is 0 Å². The Hall–Kier alpha value is 0.300. The van der Waals surface area contributed by atoms with Gasteiger partial charge in [0.25, 0.3) is 0 Å². The standard InChI is InChI=1S/2C21H41BrO/c1-5-6-11-14-18(2)19(3)17-21(22)16-13-10-8-7-9-12-15-20(4)23;1-5-6-10-13-18(2)19(3)16-17-21(22)15-12-9-7-8-11-14-20(4)23/h2*18-19,21H,5-17H2,1-4H3. The van der Waals surface area contributed by atoms with Gasteiger partial charge in [-0.3, -0.25) is 0 Å². The van der Waals surface area contributed by atoms with E-state index in [0.717, 1.165) is 49.4 Å². The van der Waals surface area contributed by atoms with Gasteiger partial charge in [0.2, 0.25) is 0 Å². The Balaban J connectivity index is 0. The molecule has 0 aliphatic carbocycles. The van der Waals surface area contributed by atoms with Crippen LogP contribution in [0.3, 0.4) is 0 Å². The maximum absolute atomic E-state index is 10.9. The fraction of sp³-hybridized carbons (Fsp3) is 0.952. The molecule has 0 aromatic rings. The Labute approximate surface area is 307 Å². The van der Waals surface area contributed by atoms with Crippen molar-refractivity contribution in [1.29, 1.82) is 0 Å². The number of alkyl halides is 2. The number of rotatable bonds is 32. The molecule has 4 heteroatoms. The van der Waals surface area contributed by atoms with Gasteiger partial charge in [-0.05, 0) is 82.5 Å². The van der Waals surface area contributed by atoms with E-state index >= 15 is 0 Å². The van der Waals surface area contributed by atoms with E-state index in [0.29, 0.717) is 21.2 Å². The largest absolute Gasteiger partial charge is 0.300 e. The van der Waals surface area contributed by atoms with Crippen LogP contribution in [-0.2, 0) is 9.59 Å². The summed E-state index contributed by atoms with van der Waals surface area (Å²) in [7, 11) is 0. The van der Waals surface area contributed by atoms with E-state index in [4.69, 9.17) is 0 Å². The molecule has 0 heterocycles. The monoisotopic (exact) mass is 776 g/mol. The van der Waals surface area contributed by atoms with Crippen molar-refractivity contribution in [3.63, 3.8) is 0 Å². The van der Waals surface area contributed by atoms with Crippen molar-refractivity contribution in [2.45, 2.75) is 232 Å². The fourth-order valence-electron chi connectivity index (χ4n) is 6.34. The zero-order valence-corrected chi connectivity index (χ0v) is 35.6. The topological polar surface area (TPSA) is 34.1 Å². The zero-order valence-electron chi connectivity index (χ0n) is 32.4. The molecule has 0 saturated heterocycles. The van der Waals surface area contributed by atoms with Crippen molar-refractivity contribution in [1.82, 2.24) is 0 Å². The molecule has 0 spiro atoms. The van der Waals surface area contributed by atoms with Gasteiger partial charge in [0.05, 0.1) is 0 Å². The molecular formula is C42H82Br2O2. The number of Topliss-reactive ketones (excluding diaryl/α,β-unsaturated/α-hetero) is 2. The number of carbonyl (C=O) groups is 2. The summed E-state index contributed by atoms with van der Waals surface area (Å²) in [4.78, 5) is 23.1. The highest BCUT2D eigenvalue weighted by Gasteiger charge is 2.16. The third-order valence-electron chi connectivity index (χ3n) is 10.4. The lowest BCUT2D eigenvalue weighted by atomic mass is 9.87. The van der Waals surface area contributed by atoms with Crippen LogP contribution >= 0.6 is 31.9 Å². The summed E-state index contributed by atoms with van der Waals surface area (Å²) in [5.41, 5.74) is 0. The number of carbonyl (C=O) groups excluding carboxylic acids is 2. The van der Waals surface area contributed by atoms with Crippen LogP contribution in [0.1, 0.15) is 222 Å². The van der Waals surface area contributed by atoms with Gasteiger partial charge >= 0.3 is 0 Å². The average molecular weight is 779 g/mol. The van der Waals surface area contributed by atoms with Gasteiger partial charge < -0.3 is 9.59 Å². The van der Waals surface area contributed by atoms with Crippen LogP contribution in [-0.4, -0.2) is 21.2 Å². The van der Waals surface area contributed by atoms with Crippen LogP contribution in [0.25, 0.3) is 0 Å². The van der Waals surface area contributed by atoms with E-state index in [1.165, 1.54) is 141 Å². The van der Waals surface area contributed by atoms with Crippen molar-refractivity contribution < 1.29 is 9.59 Å². The second kappa shape index (κ2) is 35.1. The first-order valence-electron chi connectivity index (χ1n) is 20.2. The number of hydrogen-bond donors (Lipinski definition) is 0. The van der Waals surface area contributed by atoms with Gasteiger partial charge in [0.15, 0.2) is 0 Å². The van der Waals surface area contributed by atoms with Crippen molar-refractivity contribution in [2.24, 2.45) is 23.7 Å². The highest BCUT2D eigenvalue weighted by molar-refractivity contribution is 9.09. The van der Waals surface area contributed by atoms with Crippen molar-refractivity contribution in [3.05, 3.63) is 0 Å². The summed E-state index contributed by atoms with van der Waals surface area (Å²) >= 11 is 7.78. The highest BCUT2D eigenvalue weighted by atomic mass is 79.9. The highest BCUT2D eigenvalue weighted by Crippen LogP contribution is 2.28. The van der Waals surface area contributed by atoms with Crippen LogP contribution in [0, 0.1) is 23.7 Å². The Morgan fingerprint density at radius 3 is 1.20 bits per heavy atom. The molecule has 276 valence electrons. The van der Waals surface area contributed by atoms with Crippen LogP contribution < -0.4 is 0 Å². The molecule has 46 heavy (non-hydrogen) atoms. The second-order valence-corrected chi connectivity index (χ2v) is 17.9. The first kappa shape index (κ1) is 48.4. The van der Waals surface area contributed by atoms with Gasteiger partial charge in [0.1, 0.15) is 11.6 Å². The molecule has 2 nitrogen and oxygen atoms in total. The normalized spacial score (nSPS) is 15.3. The van der Waals surface area contributed by atoms with E-state index < -0.39 is 0 Å². The summed E-state index contributed by atoms with van der Waals surface area (Å²) in [5.74, 6) is 4.11. The fourth-order valence-corrected chi connectivity index (χ4v) is 7.85. The number of ketones is 2.